The Bertz CT molecular complexity index is 384. The molecule has 0 aliphatic carbocycles. The van der Waals surface area contributed by atoms with Gasteiger partial charge in [-0.25, -0.2) is 0 Å². The van der Waals surface area contributed by atoms with Gasteiger partial charge in [0.05, 0.1) is 19.8 Å². The van der Waals surface area contributed by atoms with Crippen molar-refractivity contribution < 1.29 is 19.7 Å². The third-order valence-corrected chi connectivity index (χ3v) is 2.80. The van der Waals surface area contributed by atoms with E-state index >= 15 is 0 Å². The molecular formula is C15H25NO4. The number of aryl methyl sites for hydroxylation is 2. The molecule has 0 saturated heterocycles. The van der Waals surface area contributed by atoms with Crippen molar-refractivity contribution in [3.8, 4) is 5.75 Å². The number of nitrogens with one attached hydrogen (secondary N) is 1. The second-order valence-electron chi connectivity index (χ2n) is 4.77. The van der Waals surface area contributed by atoms with E-state index in [1.807, 2.05) is 26.0 Å². The molecule has 0 aliphatic rings. The standard InChI is InChI=1S/C15H25NO4/c1-12-3-4-15(13(2)9-12)20-11-14(18)10-16-5-7-19-8-6-17/h3-4,9,14,16-18H,5-8,10-11H2,1-2H3. The summed E-state index contributed by atoms with van der Waals surface area (Å²) in [6, 6.07) is 5.97. The fourth-order valence-corrected chi connectivity index (χ4v) is 1.79. The van der Waals surface area contributed by atoms with E-state index in [9.17, 15) is 5.11 Å². The van der Waals surface area contributed by atoms with Crippen molar-refractivity contribution in [3.05, 3.63) is 29.3 Å². The zero-order chi connectivity index (χ0) is 14.8. The predicted molar refractivity (Wildman–Crippen MR) is 78.2 cm³/mol. The first-order valence-corrected chi connectivity index (χ1v) is 6.91. The highest BCUT2D eigenvalue weighted by molar-refractivity contribution is 5.35. The van der Waals surface area contributed by atoms with E-state index < -0.39 is 6.10 Å². The Morgan fingerprint density at radius 3 is 2.75 bits per heavy atom. The second-order valence-corrected chi connectivity index (χ2v) is 4.77. The van der Waals surface area contributed by atoms with E-state index in [0.29, 0.717) is 26.3 Å². The molecule has 0 aliphatic heterocycles. The molecule has 0 heterocycles. The smallest absolute Gasteiger partial charge is 0.122 e. The van der Waals surface area contributed by atoms with Gasteiger partial charge in [-0.2, -0.15) is 0 Å². The molecule has 114 valence electrons. The summed E-state index contributed by atoms with van der Waals surface area (Å²) in [7, 11) is 0. The van der Waals surface area contributed by atoms with Crippen LogP contribution in [0.15, 0.2) is 18.2 Å². The Morgan fingerprint density at radius 1 is 1.25 bits per heavy atom. The molecule has 0 radical (unpaired) electrons. The predicted octanol–water partition coefficient (Wildman–Crippen LogP) is 0.642. The highest BCUT2D eigenvalue weighted by Crippen LogP contribution is 2.18. The van der Waals surface area contributed by atoms with Crippen LogP contribution in [0.4, 0.5) is 0 Å². The summed E-state index contributed by atoms with van der Waals surface area (Å²) >= 11 is 0. The van der Waals surface area contributed by atoms with E-state index in [0.717, 1.165) is 11.3 Å². The fraction of sp³-hybridized carbons (Fsp3) is 0.600. The monoisotopic (exact) mass is 283 g/mol. The van der Waals surface area contributed by atoms with Crippen LogP contribution in [0.25, 0.3) is 0 Å². The van der Waals surface area contributed by atoms with Gasteiger partial charge in [-0.1, -0.05) is 17.7 Å². The van der Waals surface area contributed by atoms with Crippen molar-refractivity contribution in [1.82, 2.24) is 5.32 Å². The number of aliphatic hydroxyl groups excluding tert-OH is 2. The first kappa shape index (κ1) is 16.9. The van der Waals surface area contributed by atoms with E-state index in [1.165, 1.54) is 5.56 Å². The largest absolute Gasteiger partial charge is 0.491 e. The van der Waals surface area contributed by atoms with Gasteiger partial charge in [-0.15, -0.1) is 0 Å². The molecule has 5 nitrogen and oxygen atoms in total. The molecule has 1 aromatic carbocycles. The molecule has 20 heavy (non-hydrogen) atoms. The van der Waals surface area contributed by atoms with Gasteiger partial charge in [0.25, 0.3) is 0 Å². The van der Waals surface area contributed by atoms with Crippen LogP contribution in [0, 0.1) is 13.8 Å². The normalized spacial score (nSPS) is 12.4. The van der Waals surface area contributed by atoms with Crippen LogP contribution in [-0.4, -0.2) is 55.8 Å². The van der Waals surface area contributed by atoms with Gasteiger partial charge in [0.1, 0.15) is 18.5 Å². The SMILES string of the molecule is Cc1ccc(OCC(O)CNCCOCCO)c(C)c1. The summed E-state index contributed by atoms with van der Waals surface area (Å²) < 4.78 is 10.7. The molecule has 1 atom stereocenters. The number of ether oxygens (including phenoxy) is 2. The molecule has 0 amide bonds. The molecule has 1 aromatic rings. The summed E-state index contributed by atoms with van der Waals surface area (Å²) in [4.78, 5) is 0. The van der Waals surface area contributed by atoms with Crippen LogP contribution in [0.1, 0.15) is 11.1 Å². The molecule has 0 spiro atoms. The van der Waals surface area contributed by atoms with Crippen LogP contribution in [0.3, 0.4) is 0 Å². The second kappa shape index (κ2) is 9.72. The highest BCUT2D eigenvalue weighted by Gasteiger charge is 2.06. The van der Waals surface area contributed by atoms with Crippen LogP contribution in [-0.2, 0) is 4.74 Å². The molecule has 0 bridgehead atoms. The fourth-order valence-electron chi connectivity index (χ4n) is 1.79. The van der Waals surface area contributed by atoms with Crippen LogP contribution in [0.2, 0.25) is 0 Å². The van der Waals surface area contributed by atoms with E-state index in [-0.39, 0.29) is 13.2 Å². The summed E-state index contributed by atoms with van der Waals surface area (Å²) in [5, 5.41) is 21.4. The van der Waals surface area contributed by atoms with E-state index in [1.54, 1.807) is 0 Å². The van der Waals surface area contributed by atoms with Gasteiger partial charge < -0.3 is 25.0 Å². The van der Waals surface area contributed by atoms with Gasteiger partial charge in [0.2, 0.25) is 0 Å². The van der Waals surface area contributed by atoms with Gasteiger partial charge in [-0.3, -0.25) is 0 Å². The average molecular weight is 283 g/mol. The number of hydrogen-bond acceptors (Lipinski definition) is 5. The lowest BCUT2D eigenvalue weighted by Gasteiger charge is -2.15. The summed E-state index contributed by atoms with van der Waals surface area (Å²) in [6.45, 7) is 6.28. The maximum atomic E-state index is 9.79. The lowest BCUT2D eigenvalue weighted by molar-refractivity contribution is 0.0841. The molecule has 1 rings (SSSR count). The maximum Gasteiger partial charge on any atom is 0.122 e. The van der Waals surface area contributed by atoms with Crippen LogP contribution < -0.4 is 10.1 Å². The zero-order valence-electron chi connectivity index (χ0n) is 12.3. The number of hydrogen-bond donors (Lipinski definition) is 3. The minimum atomic E-state index is -0.562. The quantitative estimate of drug-likeness (QED) is 0.550. The van der Waals surface area contributed by atoms with E-state index in [2.05, 4.69) is 11.4 Å². The Kier molecular flexibility index (Phi) is 8.22. The van der Waals surface area contributed by atoms with Gasteiger partial charge in [0, 0.05) is 13.1 Å². The molecule has 0 aromatic heterocycles. The summed E-state index contributed by atoms with van der Waals surface area (Å²) in [5.74, 6) is 0.806. The summed E-state index contributed by atoms with van der Waals surface area (Å²) in [5.41, 5.74) is 2.27. The van der Waals surface area contributed by atoms with Crippen molar-refractivity contribution in [1.29, 1.82) is 0 Å². The molecule has 5 heteroatoms. The molecular weight excluding hydrogens is 258 g/mol. The first-order chi connectivity index (χ1) is 9.63. The Hall–Kier alpha value is -1.14. The minimum absolute atomic E-state index is 0.0341. The topological polar surface area (TPSA) is 71.0 Å². The van der Waals surface area contributed by atoms with Crippen molar-refractivity contribution in [2.45, 2.75) is 20.0 Å². The molecule has 0 saturated carbocycles. The van der Waals surface area contributed by atoms with Crippen LogP contribution in [0.5, 0.6) is 5.75 Å². The van der Waals surface area contributed by atoms with Crippen LogP contribution >= 0.6 is 0 Å². The lowest BCUT2D eigenvalue weighted by atomic mass is 10.1. The third kappa shape index (κ3) is 6.86. The van der Waals surface area contributed by atoms with Crippen molar-refractivity contribution in [3.63, 3.8) is 0 Å². The Morgan fingerprint density at radius 2 is 2.05 bits per heavy atom. The van der Waals surface area contributed by atoms with Gasteiger partial charge in [0.15, 0.2) is 0 Å². The first-order valence-electron chi connectivity index (χ1n) is 6.91. The molecule has 1 unspecified atom stereocenters. The Balaban J connectivity index is 2.14. The van der Waals surface area contributed by atoms with Crippen molar-refractivity contribution >= 4 is 0 Å². The maximum absolute atomic E-state index is 9.79. The Labute approximate surface area is 120 Å². The van der Waals surface area contributed by atoms with Crippen molar-refractivity contribution in [2.75, 3.05) is 39.5 Å². The number of aliphatic hydroxyl groups is 2. The average Bonchev–Trinajstić information content (AvgIpc) is 2.41. The molecule has 0 fully saturated rings. The third-order valence-electron chi connectivity index (χ3n) is 2.80. The number of rotatable bonds is 10. The van der Waals surface area contributed by atoms with Gasteiger partial charge >= 0.3 is 0 Å². The van der Waals surface area contributed by atoms with E-state index in [4.69, 9.17) is 14.6 Å². The van der Waals surface area contributed by atoms with Gasteiger partial charge in [-0.05, 0) is 25.5 Å². The molecule has 3 N–H and O–H groups in total. The zero-order valence-corrected chi connectivity index (χ0v) is 12.3. The lowest BCUT2D eigenvalue weighted by Crippen LogP contribution is -2.33. The van der Waals surface area contributed by atoms with Crippen molar-refractivity contribution in [2.24, 2.45) is 0 Å². The minimum Gasteiger partial charge on any atom is -0.491 e. The highest BCUT2D eigenvalue weighted by atomic mass is 16.5. The summed E-state index contributed by atoms with van der Waals surface area (Å²) in [6.07, 6.45) is -0.562. The number of benzene rings is 1.